The van der Waals surface area contributed by atoms with Crippen LogP contribution in [-0.4, -0.2) is 35.4 Å². The summed E-state index contributed by atoms with van der Waals surface area (Å²) in [5, 5.41) is 18.7. The average molecular weight is 291 g/mol. The summed E-state index contributed by atoms with van der Waals surface area (Å²) >= 11 is 0. The Morgan fingerprint density at radius 2 is 1.85 bits per heavy atom. The standard InChI is InChI=1S/C13H16F3NO3/c1-12(2,20)7-17(3)10-5-4-8(13(14,15)16)6-9(10)11(18)19/h4-6,20H,7H2,1-3H3,(H,18,19). The lowest BCUT2D eigenvalue weighted by molar-refractivity contribution is -0.137. The van der Waals surface area contributed by atoms with Gasteiger partial charge in [-0.2, -0.15) is 13.2 Å². The lowest BCUT2D eigenvalue weighted by Gasteiger charge is -2.28. The summed E-state index contributed by atoms with van der Waals surface area (Å²) < 4.78 is 37.8. The van der Waals surface area contributed by atoms with Gasteiger partial charge in [-0.3, -0.25) is 0 Å². The van der Waals surface area contributed by atoms with Gasteiger partial charge in [-0.15, -0.1) is 0 Å². The summed E-state index contributed by atoms with van der Waals surface area (Å²) in [6, 6.07) is 2.51. The Labute approximate surface area is 114 Å². The summed E-state index contributed by atoms with van der Waals surface area (Å²) in [6.07, 6.45) is -4.60. The summed E-state index contributed by atoms with van der Waals surface area (Å²) in [6.45, 7) is 3.13. The monoisotopic (exact) mass is 291 g/mol. The highest BCUT2D eigenvalue weighted by Gasteiger charge is 2.32. The molecule has 112 valence electrons. The molecule has 4 nitrogen and oxygen atoms in total. The van der Waals surface area contributed by atoms with Gasteiger partial charge in [-0.05, 0) is 32.0 Å². The number of rotatable bonds is 4. The van der Waals surface area contributed by atoms with E-state index in [4.69, 9.17) is 5.11 Å². The number of benzene rings is 1. The number of carbonyl (C=O) groups is 1. The minimum atomic E-state index is -4.60. The van der Waals surface area contributed by atoms with Crippen molar-refractivity contribution < 1.29 is 28.2 Å². The minimum Gasteiger partial charge on any atom is -0.478 e. The number of aliphatic hydroxyl groups is 1. The molecule has 0 heterocycles. The number of hydrogen-bond donors (Lipinski definition) is 2. The van der Waals surface area contributed by atoms with Crippen molar-refractivity contribution in [2.75, 3.05) is 18.5 Å². The first-order valence-electron chi connectivity index (χ1n) is 5.80. The molecule has 1 aromatic carbocycles. The van der Waals surface area contributed by atoms with Crippen molar-refractivity contribution in [1.29, 1.82) is 0 Å². The SMILES string of the molecule is CN(CC(C)(C)O)c1ccc(C(F)(F)F)cc1C(=O)O. The van der Waals surface area contributed by atoms with Gasteiger partial charge in [0.05, 0.1) is 22.4 Å². The molecule has 1 rings (SSSR count). The maximum absolute atomic E-state index is 12.6. The number of carboxylic acid groups (broad SMARTS) is 1. The molecule has 20 heavy (non-hydrogen) atoms. The van der Waals surface area contributed by atoms with E-state index in [1.807, 2.05) is 0 Å². The molecule has 0 unspecified atom stereocenters. The van der Waals surface area contributed by atoms with E-state index in [1.54, 1.807) is 0 Å². The van der Waals surface area contributed by atoms with E-state index in [0.717, 1.165) is 12.1 Å². The largest absolute Gasteiger partial charge is 0.478 e. The van der Waals surface area contributed by atoms with Crippen LogP contribution in [0.25, 0.3) is 0 Å². The predicted molar refractivity (Wildman–Crippen MR) is 68.0 cm³/mol. The molecule has 0 aliphatic rings. The Balaban J connectivity index is 3.24. The van der Waals surface area contributed by atoms with Crippen LogP contribution in [0.4, 0.5) is 18.9 Å². The van der Waals surface area contributed by atoms with E-state index >= 15 is 0 Å². The summed E-state index contributed by atoms with van der Waals surface area (Å²) in [5.41, 5.74) is -2.46. The predicted octanol–water partition coefficient (Wildman–Crippen LogP) is 2.61. The highest BCUT2D eigenvalue weighted by Crippen LogP contribution is 2.33. The van der Waals surface area contributed by atoms with Crippen molar-refractivity contribution in [2.45, 2.75) is 25.6 Å². The number of likely N-dealkylation sites (N-methyl/N-ethyl adjacent to an activating group) is 1. The zero-order valence-corrected chi connectivity index (χ0v) is 11.3. The molecule has 0 atom stereocenters. The second-order valence-corrected chi connectivity index (χ2v) is 5.20. The third-order valence-corrected chi connectivity index (χ3v) is 2.59. The zero-order valence-electron chi connectivity index (χ0n) is 11.3. The van der Waals surface area contributed by atoms with Crippen LogP contribution in [0, 0.1) is 0 Å². The smallest absolute Gasteiger partial charge is 0.416 e. The third-order valence-electron chi connectivity index (χ3n) is 2.59. The number of nitrogens with zero attached hydrogens (tertiary/aromatic N) is 1. The van der Waals surface area contributed by atoms with Gasteiger partial charge in [0.2, 0.25) is 0 Å². The summed E-state index contributed by atoms with van der Waals surface area (Å²) in [5.74, 6) is -1.45. The molecule has 2 N–H and O–H groups in total. The summed E-state index contributed by atoms with van der Waals surface area (Å²) in [4.78, 5) is 12.5. The molecule has 0 aliphatic heterocycles. The van der Waals surface area contributed by atoms with Gasteiger partial charge in [0.15, 0.2) is 0 Å². The van der Waals surface area contributed by atoms with Crippen LogP contribution in [-0.2, 0) is 6.18 Å². The topological polar surface area (TPSA) is 60.8 Å². The molecular formula is C13H16F3NO3. The van der Waals surface area contributed by atoms with Gasteiger partial charge < -0.3 is 15.1 Å². The fraction of sp³-hybridized carbons (Fsp3) is 0.462. The molecule has 0 amide bonds. The minimum absolute atomic E-state index is 0.0820. The van der Waals surface area contributed by atoms with E-state index in [0.29, 0.717) is 6.07 Å². The molecule has 0 fully saturated rings. The first kappa shape index (κ1) is 16.3. The first-order valence-corrected chi connectivity index (χ1v) is 5.80. The second kappa shape index (κ2) is 5.32. The lowest BCUT2D eigenvalue weighted by atomic mass is 10.1. The van der Waals surface area contributed by atoms with Crippen molar-refractivity contribution in [3.05, 3.63) is 29.3 Å². The molecule has 0 saturated heterocycles. The number of halogens is 3. The van der Waals surface area contributed by atoms with Crippen molar-refractivity contribution in [3.63, 3.8) is 0 Å². The van der Waals surface area contributed by atoms with Crippen molar-refractivity contribution in [1.82, 2.24) is 0 Å². The Morgan fingerprint density at radius 3 is 2.25 bits per heavy atom. The van der Waals surface area contributed by atoms with Crippen LogP contribution >= 0.6 is 0 Å². The Bertz CT molecular complexity index is 507. The Hall–Kier alpha value is -1.76. The van der Waals surface area contributed by atoms with E-state index in [2.05, 4.69) is 0 Å². The number of anilines is 1. The highest BCUT2D eigenvalue weighted by molar-refractivity contribution is 5.94. The van der Waals surface area contributed by atoms with E-state index in [9.17, 15) is 23.1 Å². The second-order valence-electron chi connectivity index (χ2n) is 5.20. The molecule has 0 radical (unpaired) electrons. The van der Waals surface area contributed by atoms with E-state index < -0.39 is 28.9 Å². The van der Waals surface area contributed by atoms with Gasteiger partial charge in [0.25, 0.3) is 0 Å². The average Bonchev–Trinajstić information content (AvgIpc) is 2.24. The Morgan fingerprint density at radius 1 is 1.30 bits per heavy atom. The fourth-order valence-electron chi connectivity index (χ4n) is 1.88. The third kappa shape index (κ3) is 4.12. The lowest BCUT2D eigenvalue weighted by Crippen LogP contribution is -2.37. The van der Waals surface area contributed by atoms with Crippen molar-refractivity contribution >= 4 is 11.7 Å². The van der Waals surface area contributed by atoms with Gasteiger partial charge >= 0.3 is 12.1 Å². The quantitative estimate of drug-likeness (QED) is 0.895. The molecule has 7 heteroatoms. The molecule has 0 aliphatic carbocycles. The molecule has 0 saturated carbocycles. The maximum atomic E-state index is 12.6. The number of hydrogen-bond acceptors (Lipinski definition) is 3. The summed E-state index contributed by atoms with van der Waals surface area (Å²) in [7, 11) is 1.51. The number of carboxylic acids is 1. The first-order chi connectivity index (χ1) is 8.92. The zero-order chi connectivity index (χ0) is 15.7. The van der Waals surface area contributed by atoms with Gasteiger partial charge in [0, 0.05) is 13.6 Å². The normalized spacial score (nSPS) is 12.3. The van der Waals surface area contributed by atoms with Crippen LogP contribution in [0.15, 0.2) is 18.2 Å². The molecule has 0 bridgehead atoms. The van der Waals surface area contributed by atoms with Crippen LogP contribution < -0.4 is 4.90 Å². The van der Waals surface area contributed by atoms with Gasteiger partial charge in [0.1, 0.15) is 0 Å². The molecule has 0 spiro atoms. The van der Waals surface area contributed by atoms with Crippen LogP contribution in [0.3, 0.4) is 0 Å². The highest BCUT2D eigenvalue weighted by atomic mass is 19.4. The van der Waals surface area contributed by atoms with Gasteiger partial charge in [-0.1, -0.05) is 0 Å². The van der Waals surface area contributed by atoms with Crippen LogP contribution in [0.5, 0.6) is 0 Å². The van der Waals surface area contributed by atoms with Crippen LogP contribution in [0.2, 0.25) is 0 Å². The molecular weight excluding hydrogens is 275 g/mol. The molecule has 1 aromatic rings. The van der Waals surface area contributed by atoms with Gasteiger partial charge in [-0.25, -0.2) is 4.79 Å². The fourth-order valence-corrected chi connectivity index (χ4v) is 1.88. The van der Waals surface area contributed by atoms with Crippen molar-refractivity contribution in [2.24, 2.45) is 0 Å². The Kier molecular flexibility index (Phi) is 4.33. The van der Waals surface area contributed by atoms with Crippen LogP contribution in [0.1, 0.15) is 29.8 Å². The van der Waals surface area contributed by atoms with Crippen molar-refractivity contribution in [3.8, 4) is 0 Å². The number of aromatic carboxylic acids is 1. The molecule has 0 aromatic heterocycles. The van der Waals surface area contributed by atoms with E-state index in [1.165, 1.54) is 25.8 Å². The maximum Gasteiger partial charge on any atom is 0.416 e. The number of alkyl halides is 3. The van der Waals surface area contributed by atoms with E-state index in [-0.39, 0.29) is 12.2 Å².